The fourth-order valence-electron chi connectivity index (χ4n) is 0.948. The van der Waals surface area contributed by atoms with Crippen molar-refractivity contribution in [2.45, 2.75) is 13.5 Å². The third-order valence-corrected chi connectivity index (χ3v) is 1.55. The molecule has 0 spiro atoms. The van der Waals surface area contributed by atoms with E-state index in [1.54, 1.807) is 18.2 Å². The summed E-state index contributed by atoms with van der Waals surface area (Å²) in [7, 11) is 0. The van der Waals surface area contributed by atoms with Crippen molar-refractivity contribution in [1.29, 1.82) is 0 Å². The molecular weight excluding hydrogens is 168 g/mol. The van der Waals surface area contributed by atoms with Crippen molar-refractivity contribution in [3.8, 4) is 5.75 Å². The molecule has 0 aliphatic rings. The van der Waals surface area contributed by atoms with Gasteiger partial charge in [0.2, 0.25) is 0 Å². The molecule has 3 nitrogen and oxygen atoms in total. The molecule has 0 unspecified atom stereocenters. The highest BCUT2D eigenvalue weighted by Gasteiger charge is 1.93. The lowest BCUT2D eigenvalue weighted by Crippen LogP contribution is -1.99. The Morgan fingerprint density at radius 3 is 2.85 bits per heavy atom. The molecule has 0 aromatic heterocycles. The quantitative estimate of drug-likeness (QED) is 0.558. The molecule has 0 atom stereocenters. The zero-order chi connectivity index (χ0) is 9.52. The molecule has 0 heterocycles. The van der Waals surface area contributed by atoms with Crippen LogP contribution in [0.25, 0.3) is 0 Å². The average molecular weight is 182 g/mol. The van der Waals surface area contributed by atoms with E-state index < -0.39 is 0 Å². The first-order valence-corrected chi connectivity index (χ1v) is 4.26. The van der Waals surface area contributed by atoms with Crippen LogP contribution in [0.1, 0.15) is 12.5 Å². The summed E-state index contributed by atoms with van der Waals surface area (Å²) < 4.78 is 10.2. The van der Waals surface area contributed by atoms with Crippen molar-refractivity contribution in [2.75, 3.05) is 13.4 Å². The summed E-state index contributed by atoms with van der Waals surface area (Å²) in [5.74, 6) is 0.262. The van der Waals surface area contributed by atoms with E-state index in [4.69, 9.17) is 14.6 Å². The Balaban J connectivity index is 2.28. The molecule has 0 radical (unpaired) electrons. The minimum absolute atomic E-state index is 0.262. The second-order valence-electron chi connectivity index (χ2n) is 2.63. The summed E-state index contributed by atoms with van der Waals surface area (Å²) in [4.78, 5) is 0. The molecule has 3 heteroatoms. The third-order valence-electron chi connectivity index (χ3n) is 1.55. The first-order chi connectivity index (χ1) is 6.33. The molecule has 1 aromatic carbocycles. The normalized spacial score (nSPS) is 10.2. The molecule has 1 rings (SSSR count). The van der Waals surface area contributed by atoms with Gasteiger partial charge in [-0.2, -0.15) is 0 Å². The fraction of sp³-hybridized carbons (Fsp3) is 0.400. The molecular formula is C10H14O3. The maximum atomic E-state index is 9.13. The second-order valence-corrected chi connectivity index (χ2v) is 2.63. The topological polar surface area (TPSA) is 38.7 Å². The molecule has 0 aliphatic carbocycles. The first-order valence-electron chi connectivity index (χ1n) is 4.26. The van der Waals surface area contributed by atoms with Gasteiger partial charge in [-0.3, -0.25) is 0 Å². The number of benzene rings is 1. The Labute approximate surface area is 77.9 Å². The Hall–Kier alpha value is -1.06. The van der Waals surface area contributed by atoms with Gasteiger partial charge in [-0.1, -0.05) is 12.1 Å². The molecule has 0 aliphatic heterocycles. The monoisotopic (exact) mass is 182 g/mol. The number of rotatable bonds is 5. The largest absolute Gasteiger partial charge is 0.508 e. The first kappa shape index (κ1) is 10.0. The number of aromatic hydroxyl groups is 1. The lowest BCUT2D eigenvalue weighted by Gasteiger charge is -2.04. The van der Waals surface area contributed by atoms with Crippen LogP contribution >= 0.6 is 0 Å². The standard InChI is InChI=1S/C10H14O3/c1-2-12-8-13-7-9-4-3-5-10(11)6-9/h3-6,11H,2,7-8H2,1H3. The van der Waals surface area contributed by atoms with Gasteiger partial charge in [0.15, 0.2) is 0 Å². The van der Waals surface area contributed by atoms with E-state index in [0.29, 0.717) is 20.0 Å². The van der Waals surface area contributed by atoms with Gasteiger partial charge in [0.25, 0.3) is 0 Å². The molecule has 0 saturated carbocycles. The molecule has 1 aromatic rings. The minimum atomic E-state index is 0.262. The van der Waals surface area contributed by atoms with Gasteiger partial charge in [-0.05, 0) is 24.6 Å². The van der Waals surface area contributed by atoms with Crippen molar-refractivity contribution in [1.82, 2.24) is 0 Å². The molecule has 13 heavy (non-hydrogen) atoms. The molecule has 0 fully saturated rings. The van der Waals surface area contributed by atoms with Crippen molar-refractivity contribution in [3.63, 3.8) is 0 Å². The molecule has 72 valence electrons. The summed E-state index contributed by atoms with van der Waals surface area (Å²) in [6.07, 6.45) is 0. The van der Waals surface area contributed by atoms with E-state index in [0.717, 1.165) is 5.56 Å². The van der Waals surface area contributed by atoms with Crippen LogP contribution in [0.3, 0.4) is 0 Å². The summed E-state index contributed by atoms with van der Waals surface area (Å²) in [6.45, 7) is 3.33. The van der Waals surface area contributed by atoms with Crippen LogP contribution in [-0.2, 0) is 16.1 Å². The highest BCUT2D eigenvalue weighted by molar-refractivity contribution is 5.26. The maximum absolute atomic E-state index is 9.13. The zero-order valence-electron chi connectivity index (χ0n) is 7.69. The van der Waals surface area contributed by atoms with E-state index in [1.807, 2.05) is 13.0 Å². The predicted molar refractivity (Wildman–Crippen MR) is 49.4 cm³/mol. The van der Waals surface area contributed by atoms with Gasteiger partial charge in [0, 0.05) is 6.61 Å². The van der Waals surface area contributed by atoms with Crippen molar-refractivity contribution in [2.24, 2.45) is 0 Å². The molecule has 0 saturated heterocycles. The van der Waals surface area contributed by atoms with Gasteiger partial charge in [-0.25, -0.2) is 0 Å². The van der Waals surface area contributed by atoms with Crippen LogP contribution in [0.5, 0.6) is 5.75 Å². The SMILES string of the molecule is CCOCOCc1cccc(O)c1. The molecule has 1 N–H and O–H groups in total. The Morgan fingerprint density at radius 2 is 2.15 bits per heavy atom. The smallest absolute Gasteiger partial charge is 0.147 e. The Kier molecular flexibility index (Phi) is 4.29. The molecule has 0 amide bonds. The number of phenolic OH excluding ortho intramolecular Hbond substituents is 1. The number of hydrogen-bond donors (Lipinski definition) is 1. The Bertz CT molecular complexity index is 248. The summed E-state index contributed by atoms with van der Waals surface area (Å²) in [6, 6.07) is 6.98. The maximum Gasteiger partial charge on any atom is 0.147 e. The van der Waals surface area contributed by atoms with E-state index in [2.05, 4.69) is 0 Å². The van der Waals surface area contributed by atoms with Crippen LogP contribution in [0, 0.1) is 0 Å². The molecule has 0 bridgehead atoms. The number of ether oxygens (including phenoxy) is 2. The zero-order valence-corrected chi connectivity index (χ0v) is 7.69. The summed E-state index contributed by atoms with van der Waals surface area (Å²) in [5.41, 5.74) is 0.944. The van der Waals surface area contributed by atoms with Gasteiger partial charge < -0.3 is 14.6 Å². The van der Waals surface area contributed by atoms with Crippen LogP contribution in [0.4, 0.5) is 0 Å². The number of hydrogen-bond acceptors (Lipinski definition) is 3. The highest BCUT2D eigenvalue weighted by Crippen LogP contribution is 2.11. The predicted octanol–water partition coefficient (Wildman–Crippen LogP) is 1.90. The van der Waals surface area contributed by atoms with Crippen molar-refractivity contribution in [3.05, 3.63) is 29.8 Å². The van der Waals surface area contributed by atoms with E-state index in [9.17, 15) is 0 Å². The van der Waals surface area contributed by atoms with Crippen LogP contribution in [0.15, 0.2) is 24.3 Å². The van der Waals surface area contributed by atoms with E-state index in [1.165, 1.54) is 0 Å². The van der Waals surface area contributed by atoms with Crippen LogP contribution in [-0.4, -0.2) is 18.5 Å². The lowest BCUT2D eigenvalue weighted by molar-refractivity contribution is -0.0571. The fourth-order valence-corrected chi connectivity index (χ4v) is 0.948. The van der Waals surface area contributed by atoms with Crippen LogP contribution < -0.4 is 0 Å². The summed E-state index contributed by atoms with van der Waals surface area (Å²) in [5, 5.41) is 9.13. The van der Waals surface area contributed by atoms with Crippen molar-refractivity contribution < 1.29 is 14.6 Å². The van der Waals surface area contributed by atoms with Gasteiger partial charge in [-0.15, -0.1) is 0 Å². The lowest BCUT2D eigenvalue weighted by atomic mass is 10.2. The highest BCUT2D eigenvalue weighted by atomic mass is 16.7. The average Bonchev–Trinajstić information content (AvgIpc) is 2.13. The van der Waals surface area contributed by atoms with Gasteiger partial charge in [0.05, 0.1) is 6.61 Å². The van der Waals surface area contributed by atoms with Gasteiger partial charge >= 0.3 is 0 Å². The Morgan fingerprint density at radius 1 is 1.31 bits per heavy atom. The van der Waals surface area contributed by atoms with Crippen LogP contribution in [0.2, 0.25) is 0 Å². The summed E-state index contributed by atoms with van der Waals surface area (Å²) >= 11 is 0. The number of phenols is 1. The minimum Gasteiger partial charge on any atom is -0.508 e. The second kappa shape index (κ2) is 5.56. The van der Waals surface area contributed by atoms with E-state index in [-0.39, 0.29) is 5.75 Å². The van der Waals surface area contributed by atoms with E-state index >= 15 is 0 Å². The third kappa shape index (κ3) is 3.92. The van der Waals surface area contributed by atoms with Crippen molar-refractivity contribution >= 4 is 0 Å². The van der Waals surface area contributed by atoms with Gasteiger partial charge in [0.1, 0.15) is 12.5 Å².